The van der Waals surface area contributed by atoms with Gasteiger partial charge in [0, 0.05) is 19.6 Å². The van der Waals surface area contributed by atoms with Crippen molar-refractivity contribution < 1.29 is 14.7 Å². The number of amides is 1. The Balaban J connectivity index is 0.00000123. The zero-order chi connectivity index (χ0) is 32.1. The maximum Gasteiger partial charge on any atom is 0.335 e. The predicted molar refractivity (Wildman–Crippen MR) is 180 cm³/mol. The molecular formula is C39H58N2O3. The Morgan fingerprint density at radius 1 is 0.932 bits per heavy atom. The summed E-state index contributed by atoms with van der Waals surface area (Å²) in [5, 5.41) is 13.3. The number of benzene rings is 1. The van der Waals surface area contributed by atoms with E-state index in [-0.39, 0.29) is 22.3 Å². The van der Waals surface area contributed by atoms with Crippen LogP contribution >= 0.6 is 0 Å². The molecule has 8 atom stereocenters. The van der Waals surface area contributed by atoms with Crippen LogP contribution in [0.4, 0.5) is 0 Å². The number of nitrogens with one attached hydrogen (secondary N) is 1. The summed E-state index contributed by atoms with van der Waals surface area (Å²) in [7, 11) is 3.73. The number of aromatic carboxylic acids is 1. The van der Waals surface area contributed by atoms with Crippen LogP contribution in [-0.4, -0.2) is 48.1 Å². The van der Waals surface area contributed by atoms with Crippen LogP contribution in [-0.2, 0) is 4.79 Å². The van der Waals surface area contributed by atoms with E-state index >= 15 is 0 Å². The lowest BCUT2D eigenvalue weighted by Gasteiger charge is -2.68. The molecule has 6 rings (SSSR count). The summed E-state index contributed by atoms with van der Waals surface area (Å²) in [4.78, 5) is 25.7. The third-order valence-electron chi connectivity index (χ3n) is 13.6. The van der Waals surface area contributed by atoms with Crippen molar-refractivity contribution in [2.45, 2.75) is 104 Å². The van der Waals surface area contributed by atoms with E-state index in [1.165, 1.54) is 68.9 Å². The lowest BCUT2D eigenvalue weighted by molar-refractivity contribution is -0.173. The Morgan fingerprint density at radius 2 is 1.61 bits per heavy atom. The first kappa shape index (κ1) is 33.0. The second-order valence-corrected chi connectivity index (χ2v) is 16.2. The van der Waals surface area contributed by atoms with E-state index in [1.54, 1.807) is 23.1 Å². The fourth-order valence-electron chi connectivity index (χ4n) is 11.8. The second kappa shape index (κ2) is 12.1. The van der Waals surface area contributed by atoms with Crippen molar-refractivity contribution in [1.82, 2.24) is 10.2 Å². The molecule has 0 radical (unpaired) electrons. The summed E-state index contributed by atoms with van der Waals surface area (Å²) in [6.07, 6.45) is 17.1. The van der Waals surface area contributed by atoms with Crippen LogP contribution in [0.1, 0.15) is 115 Å². The Kier molecular flexibility index (Phi) is 9.05. The molecule has 8 unspecified atom stereocenters. The van der Waals surface area contributed by atoms with Gasteiger partial charge in [-0.3, -0.25) is 4.79 Å². The zero-order valence-corrected chi connectivity index (χ0v) is 28.5. The molecule has 44 heavy (non-hydrogen) atoms. The molecule has 1 aromatic rings. The van der Waals surface area contributed by atoms with Gasteiger partial charge in [0.1, 0.15) is 0 Å². The first-order chi connectivity index (χ1) is 20.7. The standard InChI is InChI=1S/C36H52N2O3.C3H6/c1-33(2)26(23-9-11-24(12-10-23)32(40)41)15-19-35(4)29(33)17-20-34(3)27-16-21-36(37-22-31(39)38(5)6)18-7-8-28(36)25(27)13-14-30(34)35;1-3-2/h9-12,15,25,27-30,37H,7-8,13-14,16-22H2,1-6H3,(H,40,41);3H,1H2,2H3. The van der Waals surface area contributed by atoms with Crippen LogP contribution < -0.4 is 5.32 Å². The molecule has 0 heterocycles. The van der Waals surface area contributed by atoms with Crippen LogP contribution in [0.5, 0.6) is 0 Å². The highest BCUT2D eigenvalue weighted by molar-refractivity contribution is 5.88. The number of hydrogen-bond donors (Lipinski definition) is 2. The van der Waals surface area contributed by atoms with Crippen LogP contribution in [0.25, 0.3) is 5.57 Å². The van der Waals surface area contributed by atoms with Gasteiger partial charge in [0.15, 0.2) is 0 Å². The highest BCUT2D eigenvalue weighted by Crippen LogP contribution is 2.72. The summed E-state index contributed by atoms with van der Waals surface area (Å²) in [5.41, 5.74) is 3.82. The Morgan fingerprint density at radius 3 is 2.25 bits per heavy atom. The summed E-state index contributed by atoms with van der Waals surface area (Å²) < 4.78 is 0. The van der Waals surface area contributed by atoms with Crippen molar-refractivity contribution in [1.29, 1.82) is 0 Å². The number of carbonyl (C=O) groups is 2. The van der Waals surface area contributed by atoms with Gasteiger partial charge in [-0.25, -0.2) is 4.79 Å². The number of rotatable bonds is 5. The normalized spacial score (nSPS) is 38.3. The van der Waals surface area contributed by atoms with Crippen molar-refractivity contribution >= 4 is 17.4 Å². The number of carbonyl (C=O) groups excluding carboxylic acids is 1. The fraction of sp³-hybridized carbons (Fsp3) is 0.692. The molecule has 5 heteroatoms. The van der Waals surface area contributed by atoms with Crippen molar-refractivity contribution in [3.63, 3.8) is 0 Å². The van der Waals surface area contributed by atoms with Gasteiger partial charge < -0.3 is 15.3 Å². The van der Waals surface area contributed by atoms with E-state index in [4.69, 9.17) is 0 Å². The minimum atomic E-state index is -0.862. The SMILES string of the molecule is C=CC.CN(C)C(=O)CNC12CCCC1C1CCC3C(C)(CCC4C(C)(C)C(c5ccc(C(=O)O)cc5)=CCC43C)C1CC2. The summed E-state index contributed by atoms with van der Waals surface area (Å²) in [5.74, 6) is 2.97. The molecule has 1 aromatic carbocycles. The van der Waals surface area contributed by atoms with Crippen molar-refractivity contribution in [3.05, 3.63) is 54.1 Å². The van der Waals surface area contributed by atoms with Crippen molar-refractivity contribution in [2.24, 2.45) is 45.8 Å². The molecule has 0 spiro atoms. The van der Waals surface area contributed by atoms with Crippen LogP contribution in [0.2, 0.25) is 0 Å². The lowest BCUT2D eigenvalue weighted by Crippen LogP contribution is -2.64. The summed E-state index contributed by atoms with van der Waals surface area (Å²) in [6.45, 7) is 15.9. The van der Waals surface area contributed by atoms with Gasteiger partial charge >= 0.3 is 5.97 Å². The van der Waals surface area contributed by atoms with Crippen LogP contribution in [0, 0.1) is 45.8 Å². The first-order valence-electron chi connectivity index (χ1n) is 17.3. The van der Waals surface area contributed by atoms with Gasteiger partial charge in [-0.1, -0.05) is 58.4 Å². The minimum Gasteiger partial charge on any atom is -0.478 e. The maximum absolute atomic E-state index is 12.5. The van der Waals surface area contributed by atoms with Gasteiger partial charge in [0.05, 0.1) is 12.1 Å². The van der Waals surface area contributed by atoms with Crippen molar-refractivity contribution in [2.75, 3.05) is 20.6 Å². The smallest absolute Gasteiger partial charge is 0.335 e. The number of carboxylic acid groups (broad SMARTS) is 1. The molecule has 0 aromatic heterocycles. The maximum atomic E-state index is 12.5. The average molecular weight is 603 g/mol. The second-order valence-electron chi connectivity index (χ2n) is 16.2. The largest absolute Gasteiger partial charge is 0.478 e. The van der Waals surface area contributed by atoms with Gasteiger partial charge in [-0.05, 0) is 134 Å². The molecule has 242 valence electrons. The number of carboxylic acids is 1. The van der Waals surface area contributed by atoms with E-state index < -0.39 is 5.97 Å². The fourth-order valence-corrected chi connectivity index (χ4v) is 11.8. The van der Waals surface area contributed by atoms with Crippen LogP contribution in [0.15, 0.2) is 43.0 Å². The minimum absolute atomic E-state index is 0.0476. The van der Waals surface area contributed by atoms with Gasteiger partial charge in [-0.15, -0.1) is 6.58 Å². The summed E-state index contributed by atoms with van der Waals surface area (Å²) >= 11 is 0. The number of allylic oxidation sites excluding steroid dienone is 3. The number of hydrogen-bond acceptors (Lipinski definition) is 3. The average Bonchev–Trinajstić information content (AvgIpc) is 3.40. The van der Waals surface area contributed by atoms with Crippen molar-refractivity contribution in [3.8, 4) is 0 Å². The predicted octanol–water partition coefficient (Wildman–Crippen LogP) is 8.47. The monoisotopic (exact) mass is 602 g/mol. The molecule has 5 aliphatic carbocycles. The van der Waals surface area contributed by atoms with E-state index in [0.29, 0.717) is 29.4 Å². The van der Waals surface area contributed by atoms with Gasteiger partial charge in [-0.2, -0.15) is 0 Å². The van der Waals surface area contributed by atoms with Gasteiger partial charge in [0.25, 0.3) is 0 Å². The van der Waals surface area contributed by atoms with E-state index in [9.17, 15) is 14.7 Å². The molecule has 1 amide bonds. The number of likely N-dealkylation sites (N-methyl/N-ethyl adjacent to an activating group) is 1. The Labute approximate surface area is 266 Å². The highest BCUT2D eigenvalue weighted by atomic mass is 16.4. The Hall–Kier alpha value is -2.40. The highest BCUT2D eigenvalue weighted by Gasteiger charge is 2.65. The topological polar surface area (TPSA) is 69.6 Å². The third-order valence-corrected chi connectivity index (χ3v) is 13.6. The molecule has 5 aliphatic rings. The van der Waals surface area contributed by atoms with Gasteiger partial charge in [0.2, 0.25) is 5.91 Å². The quantitative estimate of drug-likeness (QED) is 0.332. The molecular weight excluding hydrogens is 544 g/mol. The van der Waals surface area contributed by atoms with Crippen LogP contribution in [0.3, 0.4) is 0 Å². The molecule has 4 fully saturated rings. The molecule has 2 N–H and O–H groups in total. The molecule has 0 saturated heterocycles. The summed E-state index contributed by atoms with van der Waals surface area (Å²) in [6, 6.07) is 7.57. The molecule has 0 bridgehead atoms. The van der Waals surface area contributed by atoms with E-state index in [0.717, 1.165) is 24.2 Å². The zero-order valence-electron chi connectivity index (χ0n) is 28.5. The first-order valence-corrected chi connectivity index (χ1v) is 17.3. The van der Waals surface area contributed by atoms with E-state index in [1.807, 2.05) is 33.2 Å². The molecule has 4 saturated carbocycles. The molecule has 0 aliphatic heterocycles. The lowest BCUT2D eigenvalue weighted by atomic mass is 9.37. The molecule has 5 nitrogen and oxygen atoms in total. The van der Waals surface area contributed by atoms with E-state index in [2.05, 4.69) is 45.7 Å². The third kappa shape index (κ3) is 5.29. The number of fused-ring (bicyclic) bond motifs is 7. The Bertz CT molecular complexity index is 1280. The number of nitrogens with zero attached hydrogens (tertiary/aromatic N) is 1.